The number of hydrogen-bond acceptors (Lipinski definition) is 4. The molecule has 2 heterocycles. The molecule has 0 atom stereocenters. The Morgan fingerprint density at radius 3 is 2.58 bits per heavy atom. The fourth-order valence-corrected chi connectivity index (χ4v) is 3.30. The molecule has 6 nitrogen and oxygen atoms in total. The lowest BCUT2D eigenvalue weighted by Gasteiger charge is -2.10. The number of carbonyl (C=O) groups excluding carboxylic acids is 1. The number of halogens is 3. The molecule has 0 aliphatic heterocycles. The zero-order valence-electron chi connectivity index (χ0n) is 16.6. The van der Waals surface area contributed by atoms with Gasteiger partial charge in [0.1, 0.15) is 17.0 Å². The number of anilines is 1. The zero-order chi connectivity index (χ0) is 22.1. The van der Waals surface area contributed by atoms with Crippen LogP contribution in [0.25, 0.3) is 16.9 Å². The van der Waals surface area contributed by atoms with E-state index in [0.717, 1.165) is 10.1 Å². The van der Waals surface area contributed by atoms with Crippen molar-refractivity contribution in [3.05, 3.63) is 76.6 Å². The normalized spacial score (nSPS) is 11.2. The Morgan fingerprint density at radius 2 is 1.90 bits per heavy atom. The van der Waals surface area contributed by atoms with E-state index in [-0.39, 0.29) is 16.9 Å². The fourth-order valence-electron chi connectivity index (χ4n) is 3.13. The van der Waals surface area contributed by atoms with Crippen LogP contribution < -0.4 is 10.1 Å². The second-order valence-corrected chi connectivity index (χ2v) is 7.24. The van der Waals surface area contributed by atoms with Gasteiger partial charge in [-0.2, -0.15) is 5.10 Å². The van der Waals surface area contributed by atoms with Crippen LogP contribution in [0.15, 0.2) is 54.7 Å². The lowest BCUT2D eigenvalue weighted by molar-refractivity contribution is 0.102. The maximum atomic E-state index is 13.7. The molecule has 0 spiro atoms. The third-order valence-corrected chi connectivity index (χ3v) is 5.04. The summed E-state index contributed by atoms with van der Waals surface area (Å²) in [5.41, 5.74) is 1.93. The number of fused-ring (bicyclic) bond motifs is 1. The van der Waals surface area contributed by atoms with E-state index in [0.29, 0.717) is 27.7 Å². The monoisotopic (exact) mass is 442 g/mol. The Balaban J connectivity index is 1.80. The number of rotatable bonds is 5. The predicted molar refractivity (Wildman–Crippen MR) is 114 cm³/mol. The first-order valence-corrected chi connectivity index (χ1v) is 9.64. The summed E-state index contributed by atoms with van der Waals surface area (Å²) in [6, 6.07) is 13.2. The van der Waals surface area contributed by atoms with E-state index in [4.69, 9.17) is 16.3 Å². The first kappa shape index (κ1) is 20.7. The van der Waals surface area contributed by atoms with Gasteiger partial charge in [0.15, 0.2) is 5.65 Å². The van der Waals surface area contributed by atoms with Gasteiger partial charge in [0, 0.05) is 16.3 Å². The minimum Gasteiger partial charge on any atom is -0.497 e. The number of aromatic nitrogens is 3. The van der Waals surface area contributed by atoms with Gasteiger partial charge in [-0.15, -0.1) is 0 Å². The van der Waals surface area contributed by atoms with E-state index in [1.54, 1.807) is 42.5 Å². The maximum absolute atomic E-state index is 13.7. The lowest BCUT2D eigenvalue weighted by Crippen LogP contribution is -2.13. The molecule has 2 aromatic heterocycles. The molecule has 4 rings (SSSR count). The molecule has 4 aromatic rings. The highest BCUT2D eigenvalue weighted by Gasteiger charge is 2.22. The van der Waals surface area contributed by atoms with E-state index in [1.165, 1.54) is 19.4 Å². The summed E-state index contributed by atoms with van der Waals surface area (Å²) in [6.45, 7) is 1.82. The quantitative estimate of drug-likeness (QED) is 0.439. The van der Waals surface area contributed by atoms with Crippen molar-refractivity contribution >= 4 is 28.8 Å². The average Bonchev–Trinajstić information content (AvgIpc) is 3.19. The van der Waals surface area contributed by atoms with E-state index >= 15 is 0 Å². The van der Waals surface area contributed by atoms with Crippen molar-refractivity contribution in [1.82, 2.24) is 14.6 Å². The zero-order valence-corrected chi connectivity index (χ0v) is 17.3. The number of nitrogens with one attached hydrogen (secondary N) is 1. The van der Waals surface area contributed by atoms with Gasteiger partial charge in [0.05, 0.1) is 19.0 Å². The van der Waals surface area contributed by atoms with Crippen LogP contribution in [0.4, 0.5) is 14.5 Å². The maximum Gasteiger partial charge on any atom is 0.280 e. The van der Waals surface area contributed by atoms with Crippen LogP contribution in [0.2, 0.25) is 5.02 Å². The van der Waals surface area contributed by atoms with E-state index < -0.39 is 12.3 Å². The highest BCUT2D eigenvalue weighted by Crippen LogP contribution is 2.28. The van der Waals surface area contributed by atoms with Crippen LogP contribution in [0.5, 0.6) is 5.75 Å². The van der Waals surface area contributed by atoms with Gasteiger partial charge >= 0.3 is 0 Å². The lowest BCUT2D eigenvalue weighted by atomic mass is 10.1. The predicted octanol–water partition coefficient (Wildman–Crippen LogP) is 5.56. The van der Waals surface area contributed by atoms with E-state index in [1.807, 2.05) is 6.92 Å². The van der Waals surface area contributed by atoms with Crippen molar-refractivity contribution in [3.63, 3.8) is 0 Å². The van der Waals surface area contributed by atoms with Gasteiger partial charge < -0.3 is 10.1 Å². The largest absolute Gasteiger partial charge is 0.497 e. The van der Waals surface area contributed by atoms with Crippen LogP contribution in [0, 0.1) is 6.92 Å². The Morgan fingerprint density at radius 1 is 1.16 bits per heavy atom. The molecule has 0 bridgehead atoms. The molecular formula is C22H17ClF2N4O2. The number of ether oxygens (including phenoxy) is 1. The summed E-state index contributed by atoms with van der Waals surface area (Å²) in [7, 11) is 1.53. The van der Waals surface area contributed by atoms with Crippen LogP contribution >= 0.6 is 11.6 Å². The summed E-state index contributed by atoms with van der Waals surface area (Å²) in [6.07, 6.45) is -1.59. The molecule has 1 N–H and O–H groups in total. The molecule has 0 saturated heterocycles. The molecule has 2 aromatic carbocycles. The van der Waals surface area contributed by atoms with Gasteiger partial charge in [-0.25, -0.2) is 18.3 Å². The number of hydrogen-bond donors (Lipinski definition) is 1. The summed E-state index contributed by atoms with van der Waals surface area (Å²) < 4.78 is 33.6. The van der Waals surface area contributed by atoms with Crippen LogP contribution in [-0.4, -0.2) is 27.6 Å². The van der Waals surface area contributed by atoms with Gasteiger partial charge in [-0.3, -0.25) is 4.79 Å². The molecule has 0 saturated carbocycles. The molecule has 0 aliphatic rings. The number of benzene rings is 2. The van der Waals surface area contributed by atoms with Crippen molar-refractivity contribution < 1.29 is 18.3 Å². The Bertz CT molecular complexity index is 1270. The number of nitrogens with zero attached hydrogens (tertiary/aromatic N) is 3. The number of amides is 1. The van der Waals surface area contributed by atoms with Gasteiger partial charge in [-0.1, -0.05) is 17.7 Å². The Labute approximate surface area is 181 Å². The third kappa shape index (κ3) is 4.06. The Kier molecular flexibility index (Phi) is 5.56. The second-order valence-electron chi connectivity index (χ2n) is 6.80. The van der Waals surface area contributed by atoms with Crippen LogP contribution in [-0.2, 0) is 0 Å². The van der Waals surface area contributed by atoms with E-state index in [9.17, 15) is 13.6 Å². The standard InChI is InChI=1S/C22H17ClF2N4O2/c1-12-3-6-14(23)9-17(12)28-22(30)16-11-26-29-19(20(24)25)10-18(27-21(16)29)13-4-7-15(31-2)8-5-13/h3-11,20H,1-2H3,(H,28,30). The fraction of sp³-hybridized carbons (Fsp3) is 0.136. The molecule has 9 heteroatoms. The molecule has 158 valence electrons. The number of methoxy groups -OCH3 is 1. The molecule has 31 heavy (non-hydrogen) atoms. The first-order chi connectivity index (χ1) is 14.9. The topological polar surface area (TPSA) is 68.5 Å². The number of carbonyl (C=O) groups is 1. The smallest absolute Gasteiger partial charge is 0.280 e. The van der Waals surface area contributed by atoms with Crippen molar-refractivity contribution in [2.45, 2.75) is 13.3 Å². The molecule has 0 radical (unpaired) electrons. The van der Waals surface area contributed by atoms with E-state index in [2.05, 4.69) is 15.4 Å². The summed E-state index contributed by atoms with van der Waals surface area (Å²) >= 11 is 6.01. The highest BCUT2D eigenvalue weighted by atomic mass is 35.5. The number of alkyl halides is 2. The molecule has 0 unspecified atom stereocenters. The van der Waals surface area contributed by atoms with Crippen LogP contribution in [0.1, 0.15) is 28.0 Å². The summed E-state index contributed by atoms with van der Waals surface area (Å²) in [5, 5.41) is 7.18. The molecule has 0 fully saturated rings. The molecule has 0 aliphatic carbocycles. The van der Waals surface area contributed by atoms with Crippen molar-refractivity contribution in [2.24, 2.45) is 0 Å². The minimum atomic E-state index is -2.81. The van der Waals surface area contributed by atoms with Gasteiger partial charge in [0.25, 0.3) is 12.3 Å². The molecule has 1 amide bonds. The van der Waals surface area contributed by atoms with Crippen molar-refractivity contribution in [2.75, 3.05) is 12.4 Å². The highest BCUT2D eigenvalue weighted by molar-refractivity contribution is 6.31. The summed E-state index contributed by atoms with van der Waals surface area (Å²) in [5.74, 6) is 0.0974. The van der Waals surface area contributed by atoms with Crippen molar-refractivity contribution in [3.8, 4) is 17.0 Å². The number of aryl methyl sites for hydroxylation is 1. The van der Waals surface area contributed by atoms with Crippen LogP contribution in [0.3, 0.4) is 0 Å². The SMILES string of the molecule is COc1ccc(-c2cc(C(F)F)n3ncc(C(=O)Nc4cc(Cl)ccc4C)c3n2)cc1. The van der Waals surface area contributed by atoms with Gasteiger partial charge in [0.2, 0.25) is 0 Å². The second kappa shape index (κ2) is 8.31. The molecular weight excluding hydrogens is 426 g/mol. The average molecular weight is 443 g/mol. The van der Waals surface area contributed by atoms with Crippen molar-refractivity contribution in [1.29, 1.82) is 0 Å². The Hall–Kier alpha value is -3.52. The van der Waals surface area contributed by atoms with Gasteiger partial charge in [-0.05, 0) is 55.0 Å². The first-order valence-electron chi connectivity index (χ1n) is 9.26. The third-order valence-electron chi connectivity index (χ3n) is 4.80. The summed E-state index contributed by atoms with van der Waals surface area (Å²) in [4.78, 5) is 17.4. The minimum absolute atomic E-state index is 0.0285.